The summed E-state index contributed by atoms with van der Waals surface area (Å²) >= 11 is 0. The van der Waals surface area contributed by atoms with E-state index < -0.39 is 23.9 Å². The monoisotopic (exact) mass is 391 g/mol. The van der Waals surface area contributed by atoms with E-state index in [-0.39, 0.29) is 31.4 Å². The Bertz CT molecular complexity index is 858. The first-order valence-electron chi connectivity index (χ1n) is 8.93. The third-order valence-electron chi connectivity index (χ3n) is 4.96. The van der Waals surface area contributed by atoms with Gasteiger partial charge in [0.25, 0.3) is 0 Å². The minimum absolute atomic E-state index is 0.174. The highest BCUT2D eigenvalue weighted by Gasteiger charge is 2.40. The van der Waals surface area contributed by atoms with Crippen molar-refractivity contribution in [2.45, 2.75) is 44.4 Å². The largest absolute Gasteiger partial charge is 0.481 e. The number of carbonyl (C=O) groups is 2. The van der Waals surface area contributed by atoms with Crippen LogP contribution in [-0.4, -0.2) is 67.9 Å². The number of aryl methyl sites for hydroxylation is 1. The van der Waals surface area contributed by atoms with Crippen molar-refractivity contribution in [2.24, 2.45) is 0 Å². The van der Waals surface area contributed by atoms with Gasteiger partial charge in [-0.05, 0) is 41.5 Å². The van der Waals surface area contributed by atoms with Gasteiger partial charge >= 0.3 is 5.97 Å². The Hall–Kier alpha value is -2.88. The van der Waals surface area contributed by atoms with Crippen LogP contribution in [0.25, 0.3) is 0 Å². The average molecular weight is 391 g/mol. The van der Waals surface area contributed by atoms with Gasteiger partial charge in [0, 0.05) is 26.1 Å². The van der Waals surface area contributed by atoms with Crippen molar-refractivity contribution >= 4 is 11.9 Å². The van der Waals surface area contributed by atoms with E-state index >= 15 is 0 Å². The SMILES string of the molecule is COC1CC(CC(=O)O)N(C(=O)C(Cc2cccc(F)c2)n2nnnc2C)C1. The Balaban J connectivity index is 1.91. The number of rotatable bonds is 7. The van der Waals surface area contributed by atoms with Gasteiger partial charge in [-0.15, -0.1) is 5.10 Å². The van der Waals surface area contributed by atoms with Crippen molar-refractivity contribution in [3.05, 3.63) is 41.5 Å². The van der Waals surface area contributed by atoms with E-state index in [4.69, 9.17) is 4.74 Å². The predicted octanol–water partition coefficient (Wildman–Crippen LogP) is 0.995. The molecule has 3 atom stereocenters. The molecule has 28 heavy (non-hydrogen) atoms. The topological polar surface area (TPSA) is 110 Å². The molecule has 3 rings (SSSR count). The second kappa shape index (κ2) is 8.42. The predicted molar refractivity (Wildman–Crippen MR) is 94.9 cm³/mol. The van der Waals surface area contributed by atoms with Crippen LogP contribution in [0.3, 0.4) is 0 Å². The number of methoxy groups -OCH3 is 1. The Morgan fingerprint density at radius 3 is 2.82 bits per heavy atom. The smallest absolute Gasteiger partial charge is 0.305 e. The van der Waals surface area contributed by atoms with E-state index in [2.05, 4.69) is 15.5 Å². The lowest BCUT2D eigenvalue weighted by Crippen LogP contribution is -2.43. The normalized spacial score (nSPS) is 20.3. The fourth-order valence-electron chi connectivity index (χ4n) is 3.59. The minimum atomic E-state index is -0.986. The number of carbonyl (C=O) groups excluding carboxylic acids is 1. The summed E-state index contributed by atoms with van der Waals surface area (Å²) in [6.45, 7) is 1.95. The lowest BCUT2D eigenvalue weighted by atomic mass is 10.0. The van der Waals surface area contributed by atoms with Crippen LogP contribution in [0.4, 0.5) is 4.39 Å². The van der Waals surface area contributed by atoms with Gasteiger partial charge in [0.2, 0.25) is 5.91 Å². The third kappa shape index (κ3) is 4.33. The highest BCUT2D eigenvalue weighted by atomic mass is 19.1. The lowest BCUT2D eigenvalue weighted by molar-refractivity contribution is -0.141. The molecule has 10 heteroatoms. The fraction of sp³-hybridized carbons (Fsp3) is 0.500. The molecule has 150 valence electrons. The zero-order valence-corrected chi connectivity index (χ0v) is 15.7. The number of carboxylic acid groups (broad SMARTS) is 1. The van der Waals surface area contributed by atoms with Gasteiger partial charge in [-0.25, -0.2) is 9.07 Å². The van der Waals surface area contributed by atoms with E-state index in [9.17, 15) is 19.1 Å². The quantitative estimate of drug-likeness (QED) is 0.749. The highest BCUT2D eigenvalue weighted by molar-refractivity contribution is 5.82. The standard InChI is InChI=1S/C18H22FN5O4/c1-11-20-21-22-24(11)16(7-12-4-3-5-13(19)6-12)18(27)23-10-15(28-2)8-14(23)9-17(25)26/h3-6,14-16H,7-10H2,1-2H3,(H,25,26). The number of amides is 1. The van der Waals surface area contributed by atoms with E-state index in [1.54, 1.807) is 19.1 Å². The van der Waals surface area contributed by atoms with Gasteiger partial charge < -0.3 is 14.7 Å². The number of aliphatic carboxylic acids is 1. The number of halogens is 1. The van der Waals surface area contributed by atoms with E-state index in [1.807, 2.05) is 0 Å². The van der Waals surface area contributed by atoms with Crippen LogP contribution in [0.15, 0.2) is 24.3 Å². The van der Waals surface area contributed by atoms with Crippen LogP contribution in [0.1, 0.15) is 30.3 Å². The van der Waals surface area contributed by atoms with Crippen LogP contribution in [0.5, 0.6) is 0 Å². The summed E-state index contributed by atoms with van der Waals surface area (Å²) in [6.07, 6.45) is 0.206. The Morgan fingerprint density at radius 2 is 2.21 bits per heavy atom. The van der Waals surface area contributed by atoms with E-state index in [0.29, 0.717) is 17.8 Å². The van der Waals surface area contributed by atoms with E-state index in [1.165, 1.54) is 28.8 Å². The number of nitrogens with zero attached hydrogens (tertiary/aromatic N) is 5. The summed E-state index contributed by atoms with van der Waals surface area (Å²) in [5, 5.41) is 20.6. The van der Waals surface area contributed by atoms with Crippen LogP contribution >= 0.6 is 0 Å². The molecule has 1 aromatic carbocycles. The Labute approximate surface area is 161 Å². The first-order valence-corrected chi connectivity index (χ1v) is 8.93. The highest BCUT2D eigenvalue weighted by Crippen LogP contribution is 2.27. The molecule has 1 aliphatic heterocycles. The maximum atomic E-state index is 13.6. The van der Waals surface area contributed by atoms with Crippen molar-refractivity contribution in [3.63, 3.8) is 0 Å². The number of hydrogen-bond acceptors (Lipinski definition) is 6. The molecule has 2 heterocycles. The molecule has 0 bridgehead atoms. The van der Waals surface area contributed by atoms with Gasteiger partial charge in [-0.3, -0.25) is 9.59 Å². The summed E-state index contributed by atoms with van der Waals surface area (Å²) in [7, 11) is 1.53. The van der Waals surface area contributed by atoms with Crippen molar-refractivity contribution in [2.75, 3.05) is 13.7 Å². The fourth-order valence-corrected chi connectivity index (χ4v) is 3.59. The maximum Gasteiger partial charge on any atom is 0.305 e. The van der Waals surface area contributed by atoms with Gasteiger partial charge in [0.05, 0.1) is 12.5 Å². The molecule has 2 aromatic rings. The molecule has 9 nitrogen and oxygen atoms in total. The number of benzene rings is 1. The lowest BCUT2D eigenvalue weighted by Gasteiger charge is -2.28. The van der Waals surface area contributed by atoms with Crippen LogP contribution < -0.4 is 0 Å². The summed E-state index contributed by atoms with van der Waals surface area (Å²) in [6, 6.07) is 4.68. The average Bonchev–Trinajstić information content (AvgIpc) is 3.25. The molecule has 1 aliphatic rings. The maximum absolute atomic E-state index is 13.6. The number of aromatic nitrogens is 4. The van der Waals surface area contributed by atoms with Crippen molar-refractivity contribution in [1.82, 2.24) is 25.1 Å². The molecule has 0 spiro atoms. The van der Waals surface area contributed by atoms with Gasteiger partial charge in [-0.2, -0.15) is 0 Å². The molecule has 1 aromatic heterocycles. The summed E-state index contributed by atoms with van der Waals surface area (Å²) in [5.74, 6) is -1.26. The van der Waals surface area contributed by atoms with Crippen LogP contribution in [0.2, 0.25) is 0 Å². The van der Waals surface area contributed by atoms with Gasteiger partial charge in [0.15, 0.2) is 0 Å². The number of hydrogen-bond donors (Lipinski definition) is 1. The first kappa shape index (κ1) is 19.9. The Morgan fingerprint density at radius 1 is 1.43 bits per heavy atom. The van der Waals surface area contributed by atoms with Crippen LogP contribution in [0, 0.1) is 12.7 Å². The van der Waals surface area contributed by atoms with Crippen LogP contribution in [-0.2, 0) is 20.7 Å². The molecule has 1 saturated heterocycles. The molecule has 1 fully saturated rings. The summed E-state index contributed by atoms with van der Waals surface area (Å²) < 4.78 is 20.4. The van der Waals surface area contributed by atoms with Crippen molar-refractivity contribution in [3.8, 4) is 0 Å². The van der Waals surface area contributed by atoms with E-state index in [0.717, 1.165) is 0 Å². The molecular formula is C18H22FN5O4. The third-order valence-corrected chi connectivity index (χ3v) is 4.96. The zero-order chi connectivity index (χ0) is 20.3. The first-order chi connectivity index (χ1) is 13.4. The second-order valence-electron chi connectivity index (χ2n) is 6.86. The van der Waals surface area contributed by atoms with Gasteiger partial charge in [-0.1, -0.05) is 12.1 Å². The molecular weight excluding hydrogens is 369 g/mol. The van der Waals surface area contributed by atoms with Gasteiger partial charge in [0.1, 0.15) is 17.7 Å². The summed E-state index contributed by atoms with van der Waals surface area (Å²) in [4.78, 5) is 26.2. The van der Waals surface area contributed by atoms with Crippen molar-refractivity contribution < 1.29 is 23.8 Å². The zero-order valence-electron chi connectivity index (χ0n) is 15.7. The molecule has 0 radical (unpaired) electrons. The molecule has 1 amide bonds. The number of carboxylic acids is 1. The minimum Gasteiger partial charge on any atom is -0.481 e. The number of ether oxygens (including phenoxy) is 1. The molecule has 1 N–H and O–H groups in total. The Kier molecular flexibility index (Phi) is 5.98. The number of tetrazole rings is 1. The molecule has 0 aliphatic carbocycles. The molecule has 3 unspecified atom stereocenters. The molecule has 0 saturated carbocycles. The summed E-state index contributed by atoms with van der Waals surface area (Å²) in [5.41, 5.74) is 0.616. The van der Waals surface area contributed by atoms with Crippen molar-refractivity contribution in [1.29, 1.82) is 0 Å². The number of likely N-dealkylation sites (tertiary alicyclic amines) is 1. The second-order valence-corrected chi connectivity index (χ2v) is 6.86.